The molecule has 3 rings (SSSR count). The highest BCUT2D eigenvalue weighted by atomic mass is 35.5. The monoisotopic (exact) mass is 290 g/mol. The summed E-state index contributed by atoms with van der Waals surface area (Å²) in [5.74, 6) is 1.11. The van der Waals surface area contributed by atoms with Gasteiger partial charge in [0, 0.05) is 23.7 Å². The lowest BCUT2D eigenvalue weighted by atomic mass is 9.97. The molecule has 0 aliphatic rings. The van der Waals surface area contributed by atoms with Gasteiger partial charge in [0.05, 0.1) is 5.69 Å². The van der Waals surface area contributed by atoms with Gasteiger partial charge in [-0.25, -0.2) is 4.98 Å². The van der Waals surface area contributed by atoms with Crippen molar-refractivity contribution in [2.75, 3.05) is 5.88 Å². The first kappa shape index (κ1) is 12.7. The SMILES string of the molecule is ClCC(Cc1ccccc1)Cc1cn2ccsc2n1. The Morgan fingerprint density at radius 1 is 1.21 bits per heavy atom. The van der Waals surface area contributed by atoms with Crippen molar-refractivity contribution >= 4 is 27.9 Å². The van der Waals surface area contributed by atoms with E-state index in [1.807, 2.05) is 12.3 Å². The second-order valence-corrected chi connectivity index (χ2v) is 5.92. The molecule has 2 heterocycles. The number of halogens is 1. The van der Waals surface area contributed by atoms with Gasteiger partial charge in [0.2, 0.25) is 0 Å². The molecular formula is C15H15ClN2S. The number of benzene rings is 1. The molecule has 3 aromatic rings. The first-order valence-corrected chi connectivity index (χ1v) is 7.77. The third kappa shape index (κ3) is 2.99. The number of rotatable bonds is 5. The number of hydrogen-bond acceptors (Lipinski definition) is 2. The number of nitrogens with zero attached hydrogens (tertiary/aromatic N) is 2. The van der Waals surface area contributed by atoms with Gasteiger partial charge in [-0.05, 0) is 24.3 Å². The van der Waals surface area contributed by atoms with Gasteiger partial charge in [-0.2, -0.15) is 0 Å². The van der Waals surface area contributed by atoms with Crippen molar-refractivity contribution in [3.8, 4) is 0 Å². The number of hydrogen-bond donors (Lipinski definition) is 0. The molecule has 1 unspecified atom stereocenters. The number of alkyl halides is 1. The van der Waals surface area contributed by atoms with Crippen LogP contribution < -0.4 is 0 Å². The summed E-state index contributed by atoms with van der Waals surface area (Å²) in [4.78, 5) is 5.68. The van der Waals surface area contributed by atoms with E-state index in [0.29, 0.717) is 11.8 Å². The molecule has 0 spiro atoms. The first-order chi connectivity index (χ1) is 9.35. The molecule has 1 aromatic carbocycles. The van der Waals surface area contributed by atoms with Gasteiger partial charge in [0.15, 0.2) is 4.96 Å². The fraction of sp³-hybridized carbons (Fsp3) is 0.267. The lowest BCUT2D eigenvalue weighted by molar-refractivity contribution is 0.577. The molecule has 0 N–H and O–H groups in total. The van der Waals surface area contributed by atoms with Crippen molar-refractivity contribution in [3.63, 3.8) is 0 Å². The molecular weight excluding hydrogens is 276 g/mol. The molecule has 0 fully saturated rings. The number of aromatic nitrogens is 2. The molecule has 0 aliphatic heterocycles. The van der Waals surface area contributed by atoms with Crippen LogP contribution in [0.5, 0.6) is 0 Å². The molecule has 2 aromatic heterocycles. The van der Waals surface area contributed by atoms with Crippen molar-refractivity contribution in [2.24, 2.45) is 5.92 Å². The molecule has 0 aliphatic carbocycles. The predicted molar refractivity (Wildman–Crippen MR) is 81.1 cm³/mol. The number of fused-ring (bicyclic) bond motifs is 1. The van der Waals surface area contributed by atoms with Gasteiger partial charge in [-0.15, -0.1) is 22.9 Å². The summed E-state index contributed by atoms with van der Waals surface area (Å²) < 4.78 is 2.08. The molecule has 98 valence electrons. The van der Waals surface area contributed by atoms with Gasteiger partial charge in [-0.3, -0.25) is 4.40 Å². The summed E-state index contributed by atoms with van der Waals surface area (Å²) in [6.07, 6.45) is 6.10. The third-order valence-corrected chi connectivity index (χ3v) is 4.43. The summed E-state index contributed by atoms with van der Waals surface area (Å²) in [5.41, 5.74) is 2.47. The number of imidazole rings is 1. The Morgan fingerprint density at radius 3 is 2.79 bits per heavy atom. The molecule has 0 radical (unpaired) electrons. The van der Waals surface area contributed by atoms with Crippen LogP contribution in [-0.4, -0.2) is 15.3 Å². The van der Waals surface area contributed by atoms with Gasteiger partial charge in [-0.1, -0.05) is 30.3 Å². The van der Waals surface area contributed by atoms with Crippen LogP contribution in [0.15, 0.2) is 48.1 Å². The van der Waals surface area contributed by atoms with Crippen molar-refractivity contribution in [1.82, 2.24) is 9.38 Å². The van der Waals surface area contributed by atoms with Crippen LogP contribution in [0.25, 0.3) is 4.96 Å². The number of thiazole rings is 1. The Morgan fingerprint density at radius 2 is 2.05 bits per heavy atom. The first-order valence-electron chi connectivity index (χ1n) is 6.36. The highest BCUT2D eigenvalue weighted by Gasteiger charge is 2.12. The standard InChI is InChI=1S/C15H15ClN2S/c16-10-13(8-12-4-2-1-3-5-12)9-14-11-18-6-7-19-15(18)17-14/h1-7,11,13H,8-10H2. The average Bonchev–Trinajstić information content (AvgIpc) is 3.00. The molecule has 4 heteroatoms. The normalized spacial score (nSPS) is 12.9. The highest BCUT2D eigenvalue weighted by Crippen LogP contribution is 2.18. The van der Waals surface area contributed by atoms with E-state index in [4.69, 9.17) is 11.6 Å². The molecule has 2 nitrogen and oxygen atoms in total. The van der Waals surface area contributed by atoms with Crippen LogP contribution in [0.3, 0.4) is 0 Å². The van der Waals surface area contributed by atoms with Crippen LogP contribution in [-0.2, 0) is 12.8 Å². The summed E-state index contributed by atoms with van der Waals surface area (Å²) in [5, 5.41) is 2.05. The molecule has 0 saturated heterocycles. The predicted octanol–water partition coefficient (Wildman–Crippen LogP) is 4.04. The zero-order chi connectivity index (χ0) is 13.1. The van der Waals surface area contributed by atoms with E-state index in [2.05, 4.69) is 45.2 Å². The van der Waals surface area contributed by atoms with Crippen LogP contribution in [0.2, 0.25) is 0 Å². The Hall–Kier alpha value is -1.32. The maximum atomic E-state index is 6.11. The van der Waals surface area contributed by atoms with Crippen molar-refractivity contribution in [1.29, 1.82) is 0 Å². The summed E-state index contributed by atoms with van der Waals surface area (Å²) in [7, 11) is 0. The van der Waals surface area contributed by atoms with E-state index in [1.165, 1.54) is 5.56 Å². The fourth-order valence-corrected chi connectivity index (χ4v) is 3.24. The van der Waals surface area contributed by atoms with Gasteiger partial charge in [0.25, 0.3) is 0 Å². The summed E-state index contributed by atoms with van der Waals surface area (Å²) in [6, 6.07) is 10.5. The minimum absolute atomic E-state index is 0.439. The molecule has 19 heavy (non-hydrogen) atoms. The van der Waals surface area contributed by atoms with Crippen LogP contribution in [0, 0.1) is 5.92 Å². The van der Waals surface area contributed by atoms with Crippen molar-refractivity contribution in [2.45, 2.75) is 12.8 Å². The fourth-order valence-electron chi connectivity index (χ4n) is 2.30. The molecule has 0 bridgehead atoms. The van der Waals surface area contributed by atoms with E-state index in [9.17, 15) is 0 Å². The van der Waals surface area contributed by atoms with Crippen LogP contribution in [0.1, 0.15) is 11.3 Å². The largest absolute Gasteiger partial charge is 0.297 e. The average molecular weight is 291 g/mol. The maximum Gasteiger partial charge on any atom is 0.193 e. The lowest BCUT2D eigenvalue weighted by Crippen LogP contribution is -2.10. The zero-order valence-corrected chi connectivity index (χ0v) is 12.1. The van der Waals surface area contributed by atoms with Crippen molar-refractivity contribution < 1.29 is 0 Å². The third-order valence-electron chi connectivity index (χ3n) is 3.23. The van der Waals surface area contributed by atoms with E-state index in [0.717, 1.165) is 23.5 Å². The van der Waals surface area contributed by atoms with E-state index >= 15 is 0 Å². The van der Waals surface area contributed by atoms with Crippen molar-refractivity contribution in [3.05, 3.63) is 59.4 Å². The Kier molecular flexibility index (Phi) is 3.85. The van der Waals surface area contributed by atoms with E-state index < -0.39 is 0 Å². The van der Waals surface area contributed by atoms with Gasteiger partial charge in [0.1, 0.15) is 0 Å². The molecule has 0 amide bonds. The smallest absolute Gasteiger partial charge is 0.193 e. The minimum Gasteiger partial charge on any atom is -0.297 e. The van der Waals surface area contributed by atoms with Crippen LogP contribution in [0.4, 0.5) is 0 Å². The minimum atomic E-state index is 0.439. The summed E-state index contributed by atoms with van der Waals surface area (Å²) >= 11 is 7.77. The van der Waals surface area contributed by atoms with Gasteiger partial charge < -0.3 is 0 Å². The lowest BCUT2D eigenvalue weighted by Gasteiger charge is -2.12. The van der Waals surface area contributed by atoms with E-state index in [-0.39, 0.29) is 0 Å². The molecule has 0 saturated carbocycles. The van der Waals surface area contributed by atoms with Crippen LogP contribution >= 0.6 is 22.9 Å². The summed E-state index contributed by atoms with van der Waals surface area (Å²) in [6.45, 7) is 0. The Bertz CT molecular complexity index is 616. The van der Waals surface area contributed by atoms with E-state index in [1.54, 1.807) is 11.3 Å². The topological polar surface area (TPSA) is 17.3 Å². The zero-order valence-electron chi connectivity index (χ0n) is 10.5. The Labute approximate surface area is 121 Å². The van der Waals surface area contributed by atoms with Gasteiger partial charge >= 0.3 is 0 Å². The maximum absolute atomic E-state index is 6.11. The quantitative estimate of drug-likeness (QED) is 0.648. The molecule has 1 atom stereocenters. The highest BCUT2D eigenvalue weighted by molar-refractivity contribution is 7.15. The second kappa shape index (κ2) is 5.76. The second-order valence-electron chi connectivity index (χ2n) is 4.74. The Balaban J connectivity index is 1.71.